The van der Waals surface area contributed by atoms with Crippen molar-refractivity contribution in [2.75, 3.05) is 37.6 Å². The zero-order chi connectivity index (χ0) is 21.3. The van der Waals surface area contributed by atoms with Gasteiger partial charge in [-0.1, -0.05) is 23.2 Å². The van der Waals surface area contributed by atoms with Gasteiger partial charge in [0.25, 0.3) is 0 Å². The molecule has 0 radical (unpaired) electrons. The first kappa shape index (κ1) is 20.2. The number of benzene rings is 1. The van der Waals surface area contributed by atoms with Gasteiger partial charge in [0.2, 0.25) is 0 Å². The molecule has 0 unspecified atom stereocenters. The third kappa shape index (κ3) is 3.71. The highest BCUT2D eigenvalue weighted by molar-refractivity contribution is 6.41. The summed E-state index contributed by atoms with van der Waals surface area (Å²) in [4.78, 5) is 18.4. The standard InChI is InChI=1S/C20H19Cl2N5O3/c1-29-15-9-16(30-2)18(22)19(17(15)21)27-10-12-5-8-26(11-14(12)24-20(27)28)25-13-3-6-23-7-4-13/h3-9H,10-11H2,1-2H3,(H,23,25)(H,24,28). The molecule has 0 aliphatic carbocycles. The zero-order valence-corrected chi connectivity index (χ0v) is 17.8. The molecule has 3 heterocycles. The van der Waals surface area contributed by atoms with Crippen LogP contribution in [0.1, 0.15) is 0 Å². The van der Waals surface area contributed by atoms with E-state index in [-0.39, 0.29) is 16.1 Å². The summed E-state index contributed by atoms with van der Waals surface area (Å²) < 4.78 is 10.6. The molecule has 4 rings (SSSR count). The molecule has 10 heteroatoms. The fourth-order valence-corrected chi connectivity index (χ4v) is 3.98. The van der Waals surface area contributed by atoms with Gasteiger partial charge in [0.15, 0.2) is 0 Å². The lowest BCUT2D eigenvalue weighted by molar-refractivity contribution is 0.246. The molecule has 1 aromatic carbocycles. The number of hydrazine groups is 1. The molecule has 2 aliphatic heterocycles. The van der Waals surface area contributed by atoms with Crippen molar-refractivity contribution < 1.29 is 14.3 Å². The van der Waals surface area contributed by atoms with Crippen molar-refractivity contribution in [3.8, 4) is 11.5 Å². The van der Waals surface area contributed by atoms with Crippen LogP contribution in [0.25, 0.3) is 0 Å². The number of amides is 2. The number of pyridine rings is 1. The first-order valence-corrected chi connectivity index (χ1v) is 9.79. The summed E-state index contributed by atoms with van der Waals surface area (Å²) in [6.45, 7) is 0.785. The van der Waals surface area contributed by atoms with Gasteiger partial charge in [-0.05, 0) is 23.8 Å². The highest BCUT2D eigenvalue weighted by Gasteiger charge is 2.32. The molecule has 0 spiro atoms. The Kier molecular flexibility index (Phi) is 5.61. The molecule has 8 nitrogen and oxygen atoms in total. The van der Waals surface area contributed by atoms with Crippen molar-refractivity contribution in [2.45, 2.75) is 0 Å². The smallest absolute Gasteiger partial charge is 0.326 e. The van der Waals surface area contributed by atoms with Crippen LogP contribution in [0, 0.1) is 0 Å². The van der Waals surface area contributed by atoms with Crippen LogP contribution in [0.3, 0.4) is 0 Å². The predicted molar refractivity (Wildman–Crippen MR) is 116 cm³/mol. The minimum Gasteiger partial charge on any atom is -0.495 e. The average molecular weight is 448 g/mol. The molecule has 2 N–H and O–H groups in total. The third-order valence-electron chi connectivity index (χ3n) is 4.78. The van der Waals surface area contributed by atoms with E-state index in [4.69, 9.17) is 32.7 Å². The number of anilines is 2. The van der Waals surface area contributed by atoms with Crippen LogP contribution in [0.5, 0.6) is 11.5 Å². The van der Waals surface area contributed by atoms with Gasteiger partial charge in [-0.15, -0.1) is 0 Å². The zero-order valence-electron chi connectivity index (χ0n) is 16.3. The van der Waals surface area contributed by atoms with E-state index in [0.29, 0.717) is 30.3 Å². The van der Waals surface area contributed by atoms with E-state index in [1.54, 1.807) is 18.5 Å². The van der Waals surface area contributed by atoms with E-state index < -0.39 is 0 Å². The maximum Gasteiger partial charge on any atom is 0.326 e. The predicted octanol–water partition coefficient (Wildman–Crippen LogP) is 4.05. The monoisotopic (exact) mass is 447 g/mol. The largest absolute Gasteiger partial charge is 0.495 e. The van der Waals surface area contributed by atoms with Crippen molar-refractivity contribution in [1.29, 1.82) is 0 Å². The normalized spacial score (nSPS) is 15.7. The molecule has 1 aromatic heterocycles. The van der Waals surface area contributed by atoms with Crippen LogP contribution >= 0.6 is 23.2 Å². The lowest BCUT2D eigenvalue weighted by Crippen LogP contribution is -2.49. The Morgan fingerprint density at radius 2 is 1.77 bits per heavy atom. The number of nitrogens with one attached hydrogen (secondary N) is 2. The second-order valence-corrected chi connectivity index (χ2v) is 7.33. The highest BCUT2D eigenvalue weighted by Crippen LogP contribution is 2.46. The summed E-state index contributed by atoms with van der Waals surface area (Å²) in [5, 5.41) is 5.29. The summed E-state index contributed by atoms with van der Waals surface area (Å²) in [7, 11) is 2.98. The molecule has 0 fully saturated rings. The molecule has 0 saturated carbocycles. The number of rotatable bonds is 5. The van der Waals surface area contributed by atoms with E-state index in [1.165, 1.54) is 19.1 Å². The Balaban J connectivity index is 1.60. The lowest BCUT2D eigenvalue weighted by Gasteiger charge is -2.36. The second kappa shape index (κ2) is 8.33. The molecule has 0 atom stereocenters. The molecule has 2 aliphatic rings. The van der Waals surface area contributed by atoms with Crippen LogP contribution in [-0.2, 0) is 0 Å². The Labute approximate surface area is 183 Å². The molecule has 30 heavy (non-hydrogen) atoms. The van der Waals surface area contributed by atoms with Crippen molar-refractivity contribution >= 4 is 40.6 Å². The number of hydrogen-bond donors (Lipinski definition) is 2. The number of carbonyl (C=O) groups is 1. The molecule has 0 bridgehead atoms. The number of hydrogen-bond acceptors (Lipinski definition) is 6. The number of carbonyl (C=O) groups excluding carboxylic acids is 1. The van der Waals surface area contributed by atoms with Crippen LogP contribution in [-0.4, -0.2) is 43.3 Å². The van der Waals surface area contributed by atoms with Crippen LogP contribution in [0.15, 0.2) is 54.1 Å². The van der Waals surface area contributed by atoms with E-state index in [0.717, 1.165) is 17.0 Å². The van der Waals surface area contributed by atoms with E-state index in [9.17, 15) is 4.79 Å². The molecule has 2 aromatic rings. The van der Waals surface area contributed by atoms with Crippen molar-refractivity contribution in [1.82, 2.24) is 15.3 Å². The number of urea groups is 1. The number of aromatic nitrogens is 1. The first-order chi connectivity index (χ1) is 14.5. The molecular formula is C20H19Cl2N5O3. The second-order valence-electron chi connectivity index (χ2n) is 6.57. The van der Waals surface area contributed by atoms with Gasteiger partial charge in [0.1, 0.15) is 21.5 Å². The summed E-state index contributed by atoms with van der Waals surface area (Å²) in [5.74, 6) is 0.736. The molecular weight excluding hydrogens is 429 g/mol. The molecule has 0 saturated heterocycles. The van der Waals surface area contributed by atoms with Gasteiger partial charge in [0.05, 0.1) is 38.7 Å². The van der Waals surface area contributed by atoms with Crippen LogP contribution < -0.4 is 25.1 Å². The fourth-order valence-electron chi connectivity index (χ4n) is 3.27. The molecule has 2 amide bonds. The Morgan fingerprint density at radius 3 is 2.40 bits per heavy atom. The molecule has 156 valence electrons. The minimum absolute atomic E-state index is 0.239. The fraction of sp³-hybridized carbons (Fsp3) is 0.200. The van der Waals surface area contributed by atoms with Crippen molar-refractivity contribution in [3.05, 3.63) is 64.2 Å². The van der Waals surface area contributed by atoms with Crippen LogP contribution in [0.4, 0.5) is 16.2 Å². The summed E-state index contributed by atoms with van der Waals surface area (Å²) >= 11 is 13.0. The number of methoxy groups -OCH3 is 2. The maximum absolute atomic E-state index is 12.9. The van der Waals surface area contributed by atoms with Crippen molar-refractivity contribution in [3.63, 3.8) is 0 Å². The van der Waals surface area contributed by atoms with Crippen molar-refractivity contribution in [2.24, 2.45) is 0 Å². The van der Waals surface area contributed by atoms with E-state index >= 15 is 0 Å². The van der Waals surface area contributed by atoms with E-state index in [2.05, 4.69) is 15.7 Å². The summed E-state index contributed by atoms with van der Waals surface area (Å²) in [5.41, 5.74) is 6.22. The highest BCUT2D eigenvalue weighted by atomic mass is 35.5. The van der Waals surface area contributed by atoms with E-state index in [1.807, 2.05) is 29.4 Å². The maximum atomic E-state index is 12.9. The van der Waals surface area contributed by atoms with Gasteiger partial charge in [-0.25, -0.2) is 4.79 Å². The SMILES string of the molecule is COc1cc(OC)c(Cl)c(N2CC3=C(CN(Nc4ccncc4)C=C3)NC2=O)c1Cl. The number of halogens is 2. The summed E-state index contributed by atoms with van der Waals surface area (Å²) in [6, 6.07) is 4.97. The minimum atomic E-state index is -0.341. The quantitative estimate of drug-likeness (QED) is 0.719. The Hall–Kier alpha value is -3.10. The van der Waals surface area contributed by atoms with Gasteiger partial charge >= 0.3 is 6.03 Å². The Morgan fingerprint density at radius 1 is 1.10 bits per heavy atom. The lowest BCUT2D eigenvalue weighted by atomic mass is 10.1. The topological polar surface area (TPSA) is 79.0 Å². The van der Waals surface area contributed by atoms with Gasteiger partial charge < -0.3 is 14.8 Å². The first-order valence-electron chi connectivity index (χ1n) is 9.04. The summed E-state index contributed by atoms with van der Waals surface area (Å²) in [6.07, 6.45) is 7.25. The number of ether oxygens (including phenoxy) is 2. The van der Waals surface area contributed by atoms with Gasteiger partial charge in [0, 0.05) is 30.4 Å². The van der Waals surface area contributed by atoms with Crippen LogP contribution in [0.2, 0.25) is 10.0 Å². The average Bonchev–Trinajstić information content (AvgIpc) is 2.75. The van der Waals surface area contributed by atoms with Gasteiger partial charge in [-0.3, -0.25) is 20.3 Å². The van der Waals surface area contributed by atoms with Gasteiger partial charge in [-0.2, -0.15) is 0 Å². The third-order valence-corrected chi connectivity index (χ3v) is 5.51. The number of nitrogens with zero attached hydrogens (tertiary/aromatic N) is 3. The Bertz CT molecular complexity index is 1010.